The van der Waals surface area contributed by atoms with Crippen molar-refractivity contribution in [2.24, 2.45) is 0 Å². The van der Waals surface area contributed by atoms with Gasteiger partial charge < -0.3 is 4.98 Å². The Bertz CT molecular complexity index is 740. The van der Waals surface area contributed by atoms with Gasteiger partial charge in [-0.1, -0.05) is 25.1 Å². The van der Waals surface area contributed by atoms with Gasteiger partial charge in [-0.15, -0.1) is 0 Å². The van der Waals surface area contributed by atoms with Crippen LogP contribution in [0, 0.1) is 5.82 Å². The van der Waals surface area contributed by atoms with Crippen LogP contribution in [-0.4, -0.2) is 10.8 Å². The van der Waals surface area contributed by atoms with Crippen LogP contribution in [0.5, 0.6) is 0 Å². The lowest BCUT2D eigenvalue weighted by molar-refractivity contribution is 0.0975. The molecule has 0 saturated heterocycles. The van der Waals surface area contributed by atoms with E-state index in [0.29, 0.717) is 12.0 Å². The molecule has 0 unspecified atom stereocenters. The van der Waals surface area contributed by atoms with E-state index in [2.05, 4.69) is 11.1 Å². The molecule has 3 rings (SSSR count). The summed E-state index contributed by atoms with van der Waals surface area (Å²) < 4.78 is 12.9. The second-order valence-electron chi connectivity index (χ2n) is 5.35. The van der Waals surface area contributed by atoms with Gasteiger partial charge in [-0.25, -0.2) is 4.39 Å². The van der Waals surface area contributed by atoms with E-state index in [1.165, 1.54) is 24.3 Å². The fraction of sp³-hybridized carbons (Fsp3) is 0.167. The summed E-state index contributed by atoms with van der Waals surface area (Å²) in [5, 5.41) is 1.15. The number of hydrogen-bond acceptors (Lipinski definition) is 1. The first-order valence-corrected chi connectivity index (χ1v) is 7.00. The number of aromatic nitrogens is 1. The van der Waals surface area contributed by atoms with Crippen LogP contribution in [0.25, 0.3) is 10.9 Å². The predicted octanol–water partition coefficient (Wildman–Crippen LogP) is 4.68. The number of H-pyrrole nitrogens is 1. The Morgan fingerprint density at radius 2 is 1.86 bits per heavy atom. The number of benzene rings is 2. The van der Waals surface area contributed by atoms with Gasteiger partial charge in [0.05, 0.1) is 0 Å². The molecule has 0 aliphatic carbocycles. The molecular formula is C18H16FNO. The van der Waals surface area contributed by atoms with Gasteiger partial charge >= 0.3 is 0 Å². The van der Waals surface area contributed by atoms with Gasteiger partial charge in [-0.2, -0.15) is 0 Å². The molecule has 0 fully saturated rings. The van der Waals surface area contributed by atoms with Crippen LogP contribution in [0.3, 0.4) is 0 Å². The fourth-order valence-electron chi connectivity index (χ4n) is 2.50. The van der Waals surface area contributed by atoms with Crippen molar-refractivity contribution in [3.8, 4) is 0 Å². The lowest BCUT2D eigenvalue weighted by atomic mass is 9.97. The van der Waals surface area contributed by atoms with E-state index < -0.39 is 0 Å². The quantitative estimate of drug-likeness (QED) is 0.692. The first-order valence-electron chi connectivity index (χ1n) is 7.00. The van der Waals surface area contributed by atoms with Crippen molar-refractivity contribution in [1.82, 2.24) is 4.98 Å². The summed E-state index contributed by atoms with van der Waals surface area (Å²) in [7, 11) is 0. The maximum Gasteiger partial charge on any atom is 0.163 e. The van der Waals surface area contributed by atoms with Crippen LogP contribution >= 0.6 is 0 Å². The molecule has 2 nitrogen and oxygen atoms in total. The number of aromatic amines is 1. The van der Waals surface area contributed by atoms with Crippen molar-refractivity contribution in [2.75, 3.05) is 0 Å². The third-order valence-corrected chi connectivity index (χ3v) is 3.74. The Balaban J connectivity index is 1.77. The SMILES string of the molecule is C[C@H](CC(=O)c1ccc(F)cc1)c1cc2ccccc2[nH]1. The molecule has 106 valence electrons. The minimum absolute atomic E-state index is 0.0288. The molecule has 0 radical (unpaired) electrons. The molecule has 2 aromatic carbocycles. The van der Waals surface area contributed by atoms with Crippen molar-refractivity contribution in [1.29, 1.82) is 0 Å². The highest BCUT2D eigenvalue weighted by atomic mass is 19.1. The van der Waals surface area contributed by atoms with Crippen LogP contribution in [0.2, 0.25) is 0 Å². The Hall–Kier alpha value is -2.42. The molecule has 1 aromatic heterocycles. The molecule has 1 atom stereocenters. The van der Waals surface area contributed by atoms with Crippen molar-refractivity contribution in [3.05, 3.63) is 71.7 Å². The zero-order valence-electron chi connectivity index (χ0n) is 11.8. The predicted molar refractivity (Wildman–Crippen MR) is 82.1 cm³/mol. The first-order chi connectivity index (χ1) is 10.1. The summed E-state index contributed by atoms with van der Waals surface area (Å²) in [4.78, 5) is 15.6. The van der Waals surface area contributed by atoms with Gasteiger partial charge in [0.1, 0.15) is 5.82 Å². The minimum Gasteiger partial charge on any atom is -0.358 e. The largest absolute Gasteiger partial charge is 0.358 e. The van der Waals surface area contributed by atoms with E-state index >= 15 is 0 Å². The number of Topliss-reactive ketones (excluding diaryl/α,β-unsaturated/α-hetero) is 1. The highest BCUT2D eigenvalue weighted by molar-refractivity contribution is 5.96. The Morgan fingerprint density at radius 3 is 2.57 bits per heavy atom. The Morgan fingerprint density at radius 1 is 1.14 bits per heavy atom. The Kier molecular flexibility index (Phi) is 3.57. The van der Waals surface area contributed by atoms with Crippen molar-refractivity contribution >= 4 is 16.7 Å². The van der Waals surface area contributed by atoms with Crippen LogP contribution in [0.1, 0.15) is 35.3 Å². The van der Waals surface area contributed by atoms with Crippen LogP contribution in [0.4, 0.5) is 4.39 Å². The average molecular weight is 281 g/mol. The van der Waals surface area contributed by atoms with E-state index in [4.69, 9.17) is 0 Å². The highest BCUT2D eigenvalue weighted by Gasteiger charge is 2.15. The molecule has 0 aliphatic rings. The van der Waals surface area contributed by atoms with Crippen molar-refractivity contribution in [3.63, 3.8) is 0 Å². The molecule has 0 aliphatic heterocycles. The number of fused-ring (bicyclic) bond motifs is 1. The monoisotopic (exact) mass is 281 g/mol. The fourth-order valence-corrected chi connectivity index (χ4v) is 2.50. The van der Waals surface area contributed by atoms with Gasteiger partial charge in [0.15, 0.2) is 5.78 Å². The molecule has 21 heavy (non-hydrogen) atoms. The van der Waals surface area contributed by atoms with E-state index in [1.54, 1.807) is 0 Å². The van der Waals surface area contributed by atoms with E-state index in [9.17, 15) is 9.18 Å². The highest BCUT2D eigenvalue weighted by Crippen LogP contribution is 2.24. The second-order valence-corrected chi connectivity index (χ2v) is 5.35. The summed E-state index contributed by atoms with van der Waals surface area (Å²) in [5.74, 6) is -0.202. The summed E-state index contributed by atoms with van der Waals surface area (Å²) in [6, 6.07) is 15.8. The minimum atomic E-state index is -0.324. The molecule has 0 amide bonds. The number of para-hydroxylation sites is 1. The standard InChI is InChI=1S/C18H16FNO/c1-12(10-18(21)13-6-8-15(19)9-7-13)17-11-14-4-2-3-5-16(14)20-17/h2-9,11-12,20H,10H2,1H3/t12-/m1/s1. The lowest BCUT2D eigenvalue weighted by Gasteiger charge is -2.08. The van der Waals surface area contributed by atoms with Crippen molar-refractivity contribution < 1.29 is 9.18 Å². The number of ketones is 1. The number of hydrogen-bond donors (Lipinski definition) is 1. The lowest BCUT2D eigenvalue weighted by Crippen LogP contribution is -2.05. The summed E-state index contributed by atoms with van der Waals surface area (Å²) in [6.45, 7) is 2.02. The summed E-state index contributed by atoms with van der Waals surface area (Å²) in [6.07, 6.45) is 0.401. The molecule has 1 heterocycles. The normalized spacial score (nSPS) is 12.5. The molecular weight excluding hydrogens is 265 g/mol. The molecule has 0 bridgehead atoms. The summed E-state index contributed by atoms with van der Waals surface area (Å²) >= 11 is 0. The first kappa shape index (κ1) is 13.6. The number of halogens is 1. The average Bonchev–Trinajstić information content (AvgIpc) is 2.92. The number of rotatable bonds is 4. The molecule has 3 aromatic rings. The molecule has 0 spiro atoms. The van der Waals surface area contributed by atoms with Crippen molar-refractivity contribution in [2.45, 2.75) is 19.3 Å². The summed E-state index contributed by atoms with van der Waals surface area (Å²) in [5.41, 5.74) is 2.68. The van der Waals surface area contributed by atoms with Crippen LogP contribution < -0.4 is 0 Å². The van der Waals surface area contributed by atoms with Gasteiger partial charge in [0.2, 0.25) is 0 Å². The van der Waals surface area contributed by atoms with E-state index in [1.807, 2.05) is 31.2 Å². The second kappa shape index (κ2) is 5.52. The van der Waals surface area contributed by atoms with Gasteiger partial charge in [0.25, 0.3) is 0 Å². The zero-order valence-corrected chi connectivity index (χ0v) is 11.8. The third-order valence-electron chi connectivity index (χ3n) is 3.74. The zero-order chi connectivity index (χ0) is 14.8. The van der Waals surface area contributed by atoms with Crippen LogP contribution in [-0.2, 0) is 0 Å². The topological polar surface area (TPSA) is 32.9 Å². The third kappa shape index (κ3) is 2.87. The molecule has 1 N–H and O–H groups in total. The van der Waals surface area contributed by atoms with Gasteiger partial charge in [0, 0.05) is 29.1 Å². The number of carbonyl (C=O) groups excluding carboxylic acids is 1. The molecule has 0 saturated carbocycles. The maximum absolute atomic E-state index is 12.9. The number of carbonyl (C=O) groups is 1. The smallest absolute Gasteiger partial charge is 0.163 e. The van der Waals surface area contributed by atoms with Crippen LogP contribution in [0.15, 0.2) is 54.6 Å². The maximum atomic E-state index is 12.9. The van der Waals surface area contributed by atoms with E-state index in [0.717, 1.165) is 16.6 Å². The number of nitrogens with one attached hydrogen (secondary N) is 1. The van der Waals surface area contributed by atoms with E-state index in [-0.39, 0.29) is 17.5 Å². The molecule has 3 heteroatoms. The Labute approximate surface area is 122 Å². The van der Waals surface area contributed by atoms with Gasteiger partial charge in [-0.3, -0.25) is 4.79 Å². The van der Waals surface area contributed by atoms with Gasteiger partial charge in [-0.05, 0) is 41.8 Å².